The number of unbranched alkanes of at least 4 members (excludes halogenated alkanes) is 2. The van der Waals surface area contributed by atoms with Gasteiger partial charge in [0.2, 0.25) is 5.91 Å². The molecule has 166 valence electrons. The minimum atomic E-state index is -1.77. The highest BCUT2D eigenvalue weighted by molar-refractivity contribution is 6.22. The first-order chi connectivity index (χ1) is 15.4. The molecule has 0 saturated carbocycles. The van der Waals surface area contributed by atoms with Crippen molar-refractivity contribution in [1.82, 2.24) is 10.2 Å². The number of imide groups is 1. The number of carbonyl (C=O) groups excluding carboxylic acids is 4. The number of ether oxygens (including phenoxy) is 1. The van der Waals surface area contributed by atoms with Gasteiger partial charge in [-0.25, -0.2) is 0 Å². The van der Waals surface area contributed by atoms with Gasteiger partial charge in [-0.3, -0.25) is 24.5 Å². The van der Waals surface area contributed by atoms with Crippen molar-refractivity contribution < 1.29 is 23.9 Å². The van der Waals surface area contributed by atoms with Gasteiger partial charge in [0.05, 0.1) is 7.11 Å². The number of amides is 3. The van der Waals surface area contributed by atoms with Crippen molar-refractivity contribution in [3.8, 4) is 0 Å². The fraction of sp³-hybridized carbons (Fsp3) is 0.360. The van der Waals surface area contributed by atoms with E-state index in [1.807, 2.05) is 24.3 Å². The van der Waals surface area contributed by atoms with Gasteiger partial charge in [0.1, 0.15) is 0 Å². The van der Waals surface area contributed by atoms with Gasteiger partial charge < -0.3 is 9.64 Å². The van der Waals surface area contributed by atoms with Gasteiger partial charge in [0.15, 0.2) is 11.5 Å². The summed E-state index contributed by atoms with van der Waals surface area (Å²) in [6.07, 6.45) is 4.41. The number of nitrogens with one attached hydrogen (secondary N) is 1. The molecule has 0 bridgehead atoms. The number of rotatable bonds is 7. The number of fused-ring (bicyclic) bond motifs is 2. The zero-order chi connectivity index (χ0) is 22.9. The molecule has 0 aliphatic carbocycles. The Morgan fingerprint density at radius 2 is 1.72 bits per heavy atom. The highest BCUT2D eigenvalue weighted by Gasteiger charge is 2.68. The van der Waals surface area contributed by atoms with Gasteiger partial charge in [0, 0.05) is 17.7 Å². The van der Waals surface area contributed by atoms with Crippen LogP contribution in [-0.2, 0) is 37.6 Å². The third-order valence-corrected chi connectivity index (χ3v) is 6.37. The first-order valence-electron chi connectivity index (χ1n) is 10.9. The van der Waals surface area contributed by atoms with Crippen LogP contribution in [0.2, 0.25) is 0 Å². The lowest BCUT2D eigenvalue weighted by Crippen LogP contribution is -2.54. The second-order valence-corrected chi connectivity index (χ2v) is 8.25. The maximum atomic E-state index is 13.4. The molecule has 7 heteroatoms. The lowest BCUT2D eigenvalue weighted by Gasteiger charge is -2.36. The zero-order valence-corrected chi connectivity index (χ0v) is 18.2. The third-order valence-electron chi connectivity index (χ3n) is 6.37. The molecule has 2 aliphatic rings. The van der Waals surface area contributed by atoms with Crippen molar-refractivity contribution in [3.63, 3.8) is 0 Å². The molecule has 3 amide bonds. The minimum absolute atomic E-state index is 0.0803. The van der Waals surface area contributed by atoms with Crippen molar-refractivity contribution >= 4 is 23.7 Å². The van der Waals surface area contributed by atoms with E-state index in [1.165, 1.54) is 16.9 Å². The summed E-state index contributed by atoms with van der Waals surface area (Å²) >= 11 is 0. The molecular weight excluding hydrogens is 408 g/mol. The number of benzene rings is 2. The summed E-state index contributed by atoms with van der Waals surface area (Å²) in [6.45, 7) is 2.24. The average molecular weight is 434 g/mol. The van der Waals surface area contributed by atoms with Gasteiger partial charge in [-0.05, 0) is 30.0 Å². The maximum absolute atomic E-state index is 13.4. The Morgan fingerprint density at radius 3 is 2.41 bits per heavy atom. The van der Waals surface area contributed by atoms with Gasteiger partial charge in [-0.2, -0.15) is 0 Å². The summed E-state index contributed by atoms with van der Waals surface area (Å²) in [5.41, 5.74) is 0.898. The van der Waals surface area contributed by atoms with E-state index < -0.39 is 35.1 Å². The number of hydrogen-bond donors (Lipinski definition) is 1. The Balaban J connectivity index is 1.74. The molecule has 2 unspecified atom stereocenters. The van der Waals surface area contributed by atoms with E-state index in [0.29, 0.717) is 11.1 Å². The summed E-state index contributed by atoms with van der Waals surface area (Å²) in [6, 6.07) is 14.5. The second kappa shape index (κ2) is 8.57. The van der Waals surface area contributed by atoms with Crippen LogP contribution in [0.25, 0.3) is 0 Å². The average Bonchev–Trinajstić information content (AvgIpc) is 3.20. The molecular formula is C25H26N2O5. The molecule has 2 atom stereocenters. The molecule has 1 N–H and O–H groups in total. The monoisotopic (exact) mass is 434 g/mol. The minimum Gasteiger partial charge on any atom is -0.468 e. The van der Waals surface area contributed by atoms with Gasteiger partial charge in [-0.1, -0.05) is 62.2 Å². The predicted molar refractivity (Wildman–Crippen MR) is 116 cm³/mol. The molecule has 32 heavy (non-hydrogen) atoms. The first kappa shape index (κ1) is 21.7. The number of esters is 1. The lowest BCUT2D eigenvalue weighted by atomic mass is 9.79. The first-order valence-corrected chi connectivity index (χ1v) is 10.9. The van der Waals surface area contributed by atoms with E-state index in [2.05, 4.69) is 12.2 Å². The van der Waals surface area contributed by atoms with E-state index in [0.717, 1.165) is 31.9 Å². The van der Waals surface area contributed by atoms with E-state index in [-0.39, 0.29) is 6.54 Å². The smallest absolute Gasteiger partial charge is 0.321 e. The highest BCUT2D eigenvalue weighted by atomic mass is 16.5. The van der Waals surface area contributed by atoms with Crippen LogP contribution >= 0.6 is 0 Å². The second-order valence-electron chi connectivity index (χ2n) is 8.25. The van der Waals surface area contributed by atoms with E-state index in [4.69, 9.17) is 4.74 Å². The van der Waals surface area contributed by atoms with Crippen LogP contribution in [0.1, 0.15) is 53.2 Å². The molecule has 0 radical (unpaired) electrons. The van der Waals surface area contributed by atoms with Crippen LogP contribution < -0.4 is 5.32 Å². The summed E-state index contributed by atoms with van der Waals surface area (Å²) < 4.78 is 4.86. The van der Waals surface area contributed by atoms with Gasteiger partial charge in [0.25, 0.3) is 11.8 Å². The summed E-state index contributed by atoms with van der Waals surface area (Å²) in [5.74, 6) is -4.17. The van der Waals surface area contributed by atoms with Crippen molar-refractivity contribution in [2.24, 2.45) is 5.92 Å². The molecule has 1 spiro atoms. The molecule has 2 heterocycles. The van der Waals surface area contributed by atoms with Crippen molar-refractivity contribution in [2.45, 2.75) is 44.7 Å². The topological polar surface area (TPSA) is 92.8 Å². The number of hydrogen-bond acceptors (Lipinski definition) is 5. The highest BCUT2D eigenvalue weighted by Crippen LogP contribution is 2.48. The molecule has 1 saturated heterocycles. The zero-order valence-electron chi connectivity index (χ0n) is 18.2. The number of nitrogens with zero attached hydrogens (tertiary/aromatic N) is 1. The molecule has 0 aromatic heterocycles. The van der Waals surface area contributed by atoms with Crippen LogP contribution in [0.4, 0.5) is 0 Å². The SMILES string of the molecule is CCCCCc1ccc(CN2C(=O)c3ccccc3C23C(=O)NC(=O)C3C(=O)OC)cc1. The maximum Gasteiger partial charge on any atom is 0.321 e. The Morgan fingerprint density at radius 1 is 1.03 bits per heavy atom. The number of carbonyl (C=O) groups is 4. The fourth-order valence-corrected chi connectivity index (χ4v) is 4.77. The van der Waals surface area contributed by atoms with Crippen LogP contribution in [0.15, 0.2) is 48.5 Å². The van der Waals surface area contributed by atoms with E-state index in [1.54, 1.807) is 24.3 Å². The van der Waals surface area contributed by atoms with E-state index in [9.17, 15) is 19.2 Å². The molecule has 4 rings (SSSR count). The fourth-order valence-electron chi connectivity index (χ4n) is 4.77. The van der Waals surface area contributed by atoms with Crippen LogP contribution in [-0.4, -0.2) is 35.7 Å². The third kappa shape index (κ3) is 3.28. The van der Waals surface area contributed by atoms with Crippen molar-refractivity contribution in [1.29, 1.82) is 0 Å². The number of aryl methyl sites for hydroxylation is 1. The standard InChI is InChI=1S/C25H26N2O5/c1-3-4-5-8-16-11-13-17(14-12-16)15-27-22(29)18-9-6-7-10-19(18)25(27)20(23(30)32-2)21(28)26-24(25)31/h6-7,9-14,20H,3-5,8,15H2,1-2H3,(H,26,28,31). The molecule has 2 aliphatic heterocycles. The Kier molecular flexibility index (Phi) is 5.82. The largest absolute Gasteiger partial charge is 0.468 e. The molecule has 7 nitrogen and oxygen atoms in total. The Labute approximate surface area is 186 Å². The molecule has 1 fully saturated rings. The van der Waals surface area contributed by atoms with Gasteiger partial charge in [-0.15, -0.1) is 0 Å². The predicted octanol–water partition coefficient (Wildman–Crippen LogP) is 2.72. The quantitative estimate of drug-likeness (QED) is 0.313. The Hall–Kier alpha value is -3.48. The summed E-state index contributed by atoms with van der Waals surface area (Å²) in [7, 11) is 1.16. The normalized spacial score (nSPS) is 21.8. The summed E-state index contributed by atoms with van der Waals surface area (Å²) in [5, 5.41) is 2.26. The van der Waals surface area contributed by atoms with Crippen LogP contribution in [0, 0.1) is 5.92 Å². The Bertz CT molecular complexity index is 1080. The van der Waals surface area contributed by atoms with E-state index >= 15 is 0 Å². The lowest BCUT2D eigenvalue weighted by molar-refractivity contribution is -0.155. The molecule has 2 aromatic rings. The summed E-state index contributed by atoms with van der Waals surface area (Å²) in [4.78, 5) is 53.3. The van der Waals surface area contributed by atoms with Crippen molar-refractivity contribution in [2.75, 3.05) is 7.11 Å². The van der Waals surface area contributed by atoms with Gasteiger partial charge >= 0.3 is 5.97 Å². The van der Waals surface area contributed by atoms with Crippen LogP contribution in [0.5, 0.6) is 0 Å². The van der Waals surface area contributed by atoms with Crippen LogP contribution in [0.3, 0.4) is 0 Å². The van der Waals surface area contributed by atoms with Crippen molar-refractivity contribution in [3.05, 3.63) is 70.8 Å². The number of methoxy groups -OCH3 is 1. The molecule has 2 aromatic carbocycles.